The molecule has 2 N–H and O–H groups in total. The van der Waals surface area contributed by atoms with Gasteiger partial charge in [-0.25, -0.2) is 0 Å². The Kier molecular flexibility index (Phi) is 7.23. The summed E-state index contributed by atoms with van der Waals surface area (Å²) in [7, 11) is 3.08. The molecule has 8 nitrogen and oxygen atoms in total. The van der Waals surface area contributed by atoms with Crippen LogP contribution in [0.3, 0.4) is 0 Å². The lowest BCUT2D eigenvalue weighted by atomic mass is 10.2. The maximum Gasteiger partial charge on any atom is 0.256 e. The molecule has 2 aromatic carbocycles. The summed E-state index contributed by atoms with van der Waals surface area (Å²) in [6.07, 6.45) is 0. The first kappa shape index (κ1) is 21.1. The molecule has 0 aliphatic carbocycles. The lowest BCUT2D eigenvalue weighted by molar-refractivity contribution is -0.113. The van der Waals surface area contributed by atoms with Gasteiger partial charge in [0.1, 0.15) is 16.5 Å². The van der Waals surface area contributed by atoms with Gasteiger partial charge in [0.15, 0.2) is 5.82 Å². The first-order valence-electron chi connectivity index (χ1n) is 8.93. The molecule has 0 atom stereocenters. The second-order valence-electron chi connectivity index (χ2n) is 6.02. The highest BCUT2D eigenvalue weighted by molar-refractivity contribution is 7.99. The Morgan fingerprint density at radius 2 is 1.60 bits per heavy atom. The number of amides is 2. The molecule has 9 heteroatoms. The highest BCUT2D eigenvalue weighted by atomic mass is 32.2. The molecule has 2 amide bonds. The number of anilines is 2. The molecule has 1 heterocycles. The van der Waals surface area contributed by atoms with Crippen molar-refractivity contribution in [1.82, 2.24) is 10.2 Å². The van der Waals surface area contributed by atoms with Gasteiger partial charge in [-0.2, -0.15) is 0 Å². The molecule has 0 bridgehead atoms. The third-order valence-corrected chi connectivity index (χ3v) is 4.82. The van der Waals surface area contributed by atoms with E-state index >= 15 is 0 Å². The molecule has 0 unspecified atom stereocenters. The third kappa shape index (κ3) is 5.95. The summed E-state index contributed by atoms with van der Waals surface area (Å²) in [5, 5.41) is 14.1. The molecule has 0 fully saturated rings. The fraction of sp³-hybridized carbons (Fsp3) is 0.143. The van der Waals surface area contributed by atoms with Gasteiger partial charge >= 0.3 is 0 Å². The zero-order valence-corrected chi connectivity index (χ0v) is 17.2. The largest absolute Gasteiger partial charge is 0.497 e. The predicted octanol–water partition coefficient (Wildman–Crippen LogP) is 3.48. The van der Waals surface area contributed by atoms with Crippen LogP contribution in [0, 0.1) is 0 Å². The zero-order valence-electron chi connectivity index (χ0n) is 16.4. The summed E-state index contributed by atoms with van der Waals surface area (Å²) < 4.78 is 10.4. The van der Waals surface area contributed by atoms with Crippen molar-refractivity contribution in [3.05, 3.63) is 66.2 Å². The van der Waals surface area contributed by atoms with Crippen LogP contribution in [0.5, 0.6) is 11.5 Å². The predicted molar refractivity (Wildman–Crippen MR) is 115 cm³/mol. The van der Waals surface area contributed by atoms with E-state index in [2.05, 4.69) is 20.8 Å². The van der Waals surface area contributed by atoms with Gasteiger partial charge in [-0.3, -0.25) is 9.59 Å². The van der Waals surface area contributed by atoms with E-state index in [1.165, 1.54) is 11.8 Å². The van der Waals surface area contributed by atoms with Gasteiger partial charge in [-0.1, -0.05) is 30.0 Å². The summed E-state index contributed by atoms with van der Waals surface area (Å²) in [5.41, 5.74) is 1.10. The van der Waals surface area contributed by atoms with E-state index in [9.17, 15) is 9.59 Å². The van der Waals surface area contributed by atoms with E-state index in [1.807, 2.05) is 6.07 Å². The van der Waals surface area contributed by atoms with Gasteiger partial charge in [0.2, 0.25) is 5.91 Å². The van der Waals surface area contributed by atoms with Gasteiger partial charge in [0.05, 0.1) is 20.0 Å². The molecule has 0 aliphatic heterocycles. The van der Waals surface area contributed by atoms with Crippen LogP contribution in [0.4, 0.5) is 11.5 Å². The number of rotatable bonds is 8. The first-order valence-corrected chi connectivity index (χ1v) is 9.92. The molecule has 0 aliphatic rings. The van der Waals surface area contributed by atoms with E-state index in [0.717, 1.165) is 0 Å². The van der Waals surface area contributed by atoms with Crippen LogP contribution < -0.4 is 20.1 Å². The molecule has 0 saturated carbocycles. The monoisotopic (exact) mass is 424 g/mol. The Morgan fingerprint density at radius 3 is 2.20 bits per heavy atom. The maximum atomic E-state index is 12.2. The smallest absolute Gasteiger partial charge is 0.256 e. The first-order chi connectivity index (χ1) is 14.6. The van der Waals surface area contributed by atoms with Crippen LogP contribution in [-0.4, -0.2) is 42.0 Å². The van der Waals surface area contributed by atoms with E-state index < -0.39 is 0 Å². The normalized spacial score (nSPS) is 10.2. The number of nitrogens with zero attached hydrogens (tertiary/aromatic N) is 2. The van der Waals surface area contributed by atoms with Crippen molar-refractivity contribution in [2.75, 3.05) is 30.6 Å². The highest BCUT2D eigenvalue weighted by Gasteiger charge is 2.09. The topological polar surface area (TPSA) is 102 Å². The number of thioether (sulfide) groups is 1. The van der Waals surface area contributed by atoms with Crippen LogP contribution in [0.1, 0.15) is 10.4 Å². The maximum absolute atomic E-state index is 12.2. The van der Waals surface area contributed by atoms with Crippen molar-refractivity contribution in [1.29, 1.82) is 0 Å². The zero-order chi connectivity index (χ0) is 21.3. The number of hydrogen-bond donors (Lipinski definition) is 2. The number of ether oxygens (including phenoxy) is 2. The van der Waals surface area contributed by atoms with E-state index in [1.54, 1.807) is 68.8 Å². The Balaban J connectivity index is 1.52. The van der Waals surface area contributed by atoms with Crippen molar-refractivity contribution in [2.24, 2.45) is 0 Å². The Bertz CT molecular complexity index is 991. The number of hydrogen-bond acceptors (Lipinski definition) is 7. The fourth-order valence-corrected chi connectivity index (χ4v) is 3.07. The summed E-state index contributed by atoms with van der Waals surface area (Å²) in [6, 6.07) is 17.3. The number of nitrogens with one attached hydrogen (secondary N) is 2. The van der Waals surface area contributed by atoms with Gasteiger partial charge in [-0.15, -0.1) is 10.2 Å². The van der Waals surface area contributed by atoms with Crippen LogP contribution in [0.2, 0.25) is 0 Å². The van der Waals surface area contributed by atoms with Gasteiger partial charge < -0.3 is 20.1 Å². The van der Waals surface area contributed by atoms with Crippen molar-refractivity contribution in [2.45, 2.75) is 5.03 Å². The van der Waals surface area contributed by atoms with Crippen LogP contribution >= 0.6 is 11.8 Å². The standard InChI is InChI=1S/C21H20N4O4S/c1-28-16-10-15(11-17(12-16)29-2)22-19(26)13-30-20-9-8-18(24-25-20)23-21(27)14-6-4-3-5-7-14/h3-12H,13H2,1-2H3,(H,22,26)(H,23,24,27). The summed E-state index contributed by atoms with van der Waals surface area (Å²) >= 11 is 1.23. The molecule has 0 saturated heterocycles. The molecule has 30 heavy (non-hydrogen) atoms. The lowest BCUT2D eigenvalue weighted by Gasteiger charge is -2.09. The van der Waals surface area contributed by atoms with Crippen LogP contribution in [0.25, 0.3) is 0 Å². The Hall–Kier alpha value is -3.59. The molecule has 1 aromatic heterocycles. The van der Waals surface area contributed by atoms with Gasteiger partial charge in [0, 0.05) is 29.4 Å². The summed E-state index contributed by atoms with van der Waals surface area (Å²) in [6.45, 7) is 0. The minimum Gasteiger partial charge on any atom is -0.497 e. The minimum atomic E-state index is -0.265. The average Bonchev–Trinajstić information content (AvgIpc) is 2.78. The highest BCUT2D eigenvalue weighted by Crippen LogP contribution is 2.26. The van der Waals surface area contributed by atoms with E-state index in [4.69, 9.17) is 9.47 Å². The molecule has 0 spiro atoms. The number of aromatic nitrogens is 2. The quantitative estimate of drug-likeness (QED) is 0.534. The summed E-state index contributed by atoms with van der Waals surface area (Å²) in [5.74, 6) is 1.16. The molecular weight excluding hydrogens is 404 g/mol. The minimum absolute atomic E-state index is 0.143. The SMILES string of the molecule is COc1cc(NC(=O)CSc2ccc(NC(=O)c3ccccc3)nn2)cc(OC)c1. The van der Waals surface area contributed by atoms with Crippen molar-refractivity contribution in [3.8, 4) is 11.5 Å². The Morgan fingerprint density at radius 1 is 0.900 bits per heavy atom. The number of carbonyl (C=O) groups is 2. The van der Waals surface area contributed by atoms with Gasteiger partial charge in [-0.05, 0) is 24.3 Å². The molecule has 3 aromatic rings. The fourth-order valence-electron chi connectivity index (χ4n) is 2.46. The second kappa shape index (κ2) is 10.3. The van der Waals surface area contributed by atoms with E-state index in [0.29, 0.717) is 33.6 Å². The van der Waals surface area contributed by atoms with Crippen molar-refractivity contribution >= 4 is 35.1 Å². The average molecular weight is 424 g/mol. The van der Waals surface area contributed by atoms with Crippen LogP contribution in [0.15, 0.2) is 65.7 Å². The summed E-state index contributed by atoms with van der Waals surface area (Å²) in [4.78, 5) is 24.4. The van der Waals surface area contributed by atoms with Crippen LogP contribution in [-0.2, 0) is 4.79 Å². The van der Waals surface area contributed by atoms with Crippen molar-refractivity contribution in [3.63, 3.8) is 0 Å². The lowest BCUT2D eigenvalue weighted by Crippen LogP contribution is -2.15. The molecule has 0 radical (unpaired) electrons. The van der Waals surface area contributed by atoms with Crippen molar-refractivity contribution < 1.29 is 19.1 Å². The Labute approximate surface area is 178 Å². The molecule has 154 valence electrons. The third-order valence-electron chi connectivity index (χ3n) is 3.90. The number of carbonyl (C=O) groups excluding carboxylic acids is 2. The second-order valence-corrected chi connectivity index (χ2v) is 7.01. The number of methoxy groups -OCH3 is 2. The molecular formula is C21H20N4O4S. The number of benzene rings is 2. The van der Waals surface area contributed by atoms with E-state index in [-0.39, 0.29) is 17.6 Å². The molecule has 3 rings (SSSR count). The van der Waals surface area contributed by atoms with Gasteiger partial charge in [0.25, 0.3) is 5.91 Å².